The van der Waals surface area contributed by atoms with E-state index in [1.54, 1.807) is 60.7 Å². The lowest BCUT2D eigenvalue weighted by molar-refractivity contribution is 0.0452. The first kappa shape index (κ1) is 24.3. The number of nitrogens with one attached hydrogen (secondary N) is 2. The summed E-state index contributed by atoms with van der Waals surface area (Å²) in [4.78, 5) is 25.8. The molecule has 4 rings (SSSR count). The Morgan fingerprint density at radius 2 is 1.80 bits per heavy atom. The van der Waals surface area contributed by atoms with Gasteiger partial charge in [0, 0.05) is 34.3 Å². The fourth-order valence-electron chi connectivity index (χ4n) is 4.13. The highest BCUT2D eigenvalue weighted by atomic mass is 35.5. The van der Waals surface area contributed by atoms with Crippen molar-refractivity contribution in [1.82, 2.24) is 5.32 Å². The molecule has 0 aliphatic heterocycles. The molecule has 1 saturated carbocycles. The highest BCUT2D eigenvalue weighted by Crippen LogP contribution is 2.29. The van der Waals surface area contributed by atoms with Crippen molar-refractivity contribution < 1.29 is 14.7 Å². The quantitative estimate of drug-likeness (QED) is 0.318. The molecule has 0 saturated heterocycles. The molecule has 0 aromatic heterocycles. The fraction of sp³-hybridized carbons (Fsp3) is 0.214. The normalized spacial score (nSPS) is 19.2. The maximum absolute atomic E-state index is 13.1. The maximum atomic E-state index is 13.1. The lowest BCUT2D eigenvalue weighted by Gasteiger charge is -2.33. The second-order valence-corrected chi connectivity index (χ2v) is 9.12. The zero-order valence-electron chi connectivity index (χ0n) is 19.1. The second kappa shape index (κ2) is 10.6. The molecule has 0 bridgehead atoms. The van der Waals surface area contributed by atoms with Gasteiger partial charge in [-0.25, -0.2) is 0 Å². The predicted octanol–water partition coefficient (Wildman–Crippen LogP) is 4.63. The number of anilines is 2. The molecular weight excluding hydrogens is 462 g/mol. The molecular formula is C28H26ClN3O3. The van der Waals surface area contributed by atoms with Crippen LogP contribution in [0.4, 0.5) is 11.4 Å². The van der Waals surface area contributed by atoms with Gasteiger partial charge in [-0.2, -0.15) is 0 Å². The zero-order chi connectivity index (χ0) is 24.8. The summed E-state index contributed by atoms with van der Waals surface area (Å²) >= 11 is 6.02. The van der Waals surface area contributed by atoms with Crippen molar-refractivity contribution in [3.8, 4) is 11.8 Å². The van der Waals surface area contributed by atoms with E-state index >= 15 is 0 Å². The van der Waals surface area contributed by atoms with Gasteiger partial charge in [-0.1, -0.05) is 41.6 Å². The van der Waals surface area contributed by atoms with Gasteiger partial charge in [0.05, 0.1) is 11.3 Å². The van der Waals surface area contributed by atoms with Gasteiger partial charge in [0.15, 0.2) is 0 Å². The van der Waals surface area contributed by atoms with E-state index < -0.39 is 5.60 Å². The lowest BCUT2D eigenvalue weighted by Crippen LogP contribution is -2.45. The van der Waals surface area contributed by atoms with Gasteiger partial charge < -0.3 is 21.5 Å². The molecule has 6 nitrogen and oxygen atoms in total. The Labute approximate surface area is 209 Å². The van der Waals surface area contributed by atoms with Gasteiger partial charge in [-0.3, -0.25) is 9.59 Å². The molecule has 0 spiro atoms. The van der Waals surface area contributed by atoms with Gasteiger partial charge in [0.1, 0.15) is 5.60 Å². The number of benzene rings is 3. The van der Waals surface area contributed by atoms with E-state index in [9.17, 15) is 14.7 Å². The molecule has 3 aromatic rings. The third-order valence-corrected chi connectivity index (χ3v) is 6.15. The number of hydrogen-bond donors (Lipinski definition) is 4. The van der Waals surface area contributed by atoms with E-state index in [0.717, 1.165) is 18.4 Å². The Balaban J connectivity index is 1.44. The van der Waals surface area contributed by atoms with Crippen molar-refractivity contribution in [3.05, 3.63) is 94.5 Å². The molecule has 3 aromatic carbocycles. The van der Waals surface area contributed by atoms with Crippen LogP contribution in [0.5, 0.6) is 0 Å². The van der Waals surface area contributed by atoms with Crippen LogP contribution < -0.4 is 16.4 Å². The average Bonchev–Trinajstić information content (AvgIpc) is 2.84. The summed E-state index contributed by atoms with van der Waals surface area (Å²) in [6, 6.07) is 20.3. The van der Waals surface area contributed by atoms with E-state index in [-0.39, 0.29) is 17.9 Å². The van der Waals surface area contributed by atoms with E-state index in [1.807, 2.05) is 12.1 Å². The maximum Gasteiger partial charge on any atom is 0.255 e. The number of aliphatic hydroxyl groups is 1. The Bertz CT molecular complexity index is 1300. The van der Waals surface area contributed by atoms with Crippen LogP contribution in [0.25, 0.3) is 0 Å². The molecule has 0 radical (unpaired) electrons. The first-order chi connectivity index (χ1) is 16.8. The number of halogens is 1. The molecule has 1 aliphatic carbocycles. The topological polar surface area (TPSA) is 104 Å². The van der Waals surface area contributed by atoms with Crippen LogP contribution in [0.3, 0.4) is 0 Å². The number of nitrogens with two attached hydrogens (primary N) is 1. The lowest BCUT2D eigenvalue weighted by atomic mass is 9.82. The van der Waals surface area contributed by atoms with E-state index in [4.69, 9.17) is 17.3 Å². The van der Waals surface area contributed by atoms with Gasteiger partial charge in [-0.15, -0.1) is 0 Å². The largest absolute Gasteiger partial charge is 0.399 e. The van der Waals surface area contributed by atoms with Crippen LogP contribution in [-0.4, -0.2) is 28.6 Å². The Hall–Kier alpha value is -3.79. The number of rotatable bonds is 4. The molecule has 5 N–H and O–H groups in total. The molecule has 2 amide bonds. The number of carbonyl (C=O) groups excluding carboxylic acids is 2. The van der Waals surface area contributed by atoms with Crippen LogP contribution in [0, 0.1) is 11.8 Å². The third-order valence-electron chi connectivity index (χ3n) is 5.92. The molecule has 35 heavy (non-hydrogen) atoms. The molecule has 7 heteroatoms. The first-order valence-corrected chi connectivity index (χ1v) is 11.8. The van der Waals surface area contributed by atoms with Gasteiger partial charge in [-0.05, 0) is 73.9 Å². The van der Waals surface area contributed by atoms with Crippen LogP contribution in [-0.2, 0) is 0 Å². The molecule has 1 aliphatic rings. The third kappa shape index (κ3) is 6.42. The highest BCUT2D eigenvalue weighted by molar-refractivity contribution is 6.30. The minimum absolute atomic E-state index is 0.254. The number of nitrogen functional groups attached to an aromatic ring is 1. The van der Waals surface area contributed by atoms with Crippen LogP contribution in [0.2, 0.25) is 5.02 Å². The summed E-state index contributed by atoms with van der Waals surface area (Å²) in [5, 5.41) is 17.4. The van der Waals surface area contributed by atoms with Crippen molar-refractivity contribution in [2.45, 2.75) is 37.3 Å². The van der Waals surface area contributed by atoms with Crippen molar-refractivity contribution >= 4 is 34.8 Å². The smallest absolute Gasteiger partial charge is 0.255 e. The number of para-hydroxylation sites is 1. The average molecular weight is 488 g/mol. The number of hydrogen-bond acceptors (Lipinski definition) is 4. The van der Waals surface area contributed by atoms with E-state index in [2.05, 4.69) is 22.5 Å². The molecule has 0 heterocycles. The zero-order valence-corrected chi connectivity index (χ0v) is 19.8. The van der Waals surface area contributed by atoms with E-state index in [0.29, 0.717) is 40.4 Å². The number of amides is 2. The first-order valence-electron chi connectivity index (χ1n) is 11.4. The van der Waals surface area contributed by atoms with Crippen LogP contribution >= 0.6 is 11.6 Å². The van der Waals surface area contributed by atoms with Crippen molar-refractivity contribution in [1.29, 1.82) is 0 Å². The molecule has 0 unspecified atom stereocenters. The van der Waals surface area contributed by atoms with E-state index in [1.165, 1.54) is 0 Å². The Morgan fingerprint density at radius 1 is 1.03 bits per heavy atom. The van der Waals surface area contributed by atoms with Gasteiger partial charge in [0.25, 0.3) is 11.8 Å². The Kier molecular flexibility index (Phi) is 7.40. The molecule has 1 fully saturated rings. The molecule has 2 atom stereocenters. The standard InChI is InChI=1S/C28H26ClN3O3/c29-21-6-3-5-19(17-21)14-16-28(35)15-4-7-23(18-28)31-27(34)24-8-1-2-9-25(24)32-26(33)20-10-12-22(30)13-11-20/h1-3,5-6,8-13,17,23,35H,4,7,15,18,30H2,(H,31,34)(H,32,33)/t23-,28+/m1/s1. The summed E-state index contributed by atoms with van der Waals surface area (Å²) in [5.41, 5.74) is 6.95. The minimum atomic E-state index is -1.21. The predicted molar refractivity (Wildman–Crippen MR) is 138 cm³/mol. The summed E-state index contributed by atoms with van der Waals surface area (Å²) in [7, 11) is 0. The fourth-order valence-corrected chi connectivity index (χ4v) is 4.32. The summed E-state index contributed by atoms with van der Waals surface area (Å²) in [6.45, 7) is 0. The SMILES string of the molecule is Nc1ccc(C(=O)Nc2ccccc2C(=O)N[C@@H]2CCC[C@](O)(C#Cc3cccc(Cl)c3)C2)cc1. The summed E-state index contributed by atoms with van der Waals surface area (Å²) < 4.78 is 0. The van der Waals surface area contributed by atoms with Gasteiger partial charge in [0.2, 0.25) is 0 Å². The van der Waals surface area contributed by atoms with Crippen molar-refractivity contribution in [2.75, 3.05) is 11.1 Å². The second-order valence-electron chi connectivity index (χ2n) is 8.68. The van der Waals surface area contributed by atoms with Crippen molar-refractivity contribution in [2.24, 2.45) is 0 Å². The van der Waals surface area contributed by atoms with Gasteiger partial charge >= 0.3 is 0 Å². The van der Waals surface area contributed by atoms with Crippen molar-refractivity contribution in [3.63, 3.8) is 0 Å². The van der Waals surface area contributed by atoms with Crippen LogP contribution in [0.1, 0.15) is 52.0 Å². The Morgan fingerprint density at radius 3 is 2.57 bits per heavy atom. The minimum Gasteiger partial charge on any atom is -0.399 e. The summed E-state index contributed by atoms with van der Waals surface area (Å²) in [6.07, 6.45) is 2.29. The summed E-state index contributed by atoms with van der Waals surface area (Å²) in [5.74, 6) is 5.31. The van der Waals surface area contributed by atoms with Crippen LogP contribution in [0.15, 0.2) is 72.8 Å². The monoisotopic (exact) mass is 487 g/mol. The highest BCUT2D eigenvalue weighted by Gasteiger charge is 2.34. The number of carbonyl (C=O) groups is 2. The molecule has 178 valence electrons.